The third-order valence-corrected chi connectivity index (χ3v) is 6.78. The molecule has 1 aliphatic heterocycles. The summed E-state index contributed by atoms with van der Waals surface area (Å²) < 4.78 is 27.4. The van der Waals surface area contributed by atoms with Crippen LogP contribution in [0.2, 0.25) is 10.0 Å². The first-order valence-corrected chi connectivity index (χ1v) is 10.6. The Hall–Kier alpha value is -2.74. The number of rotatable bonds is 3. The molecular formula is C22H13Cl2F2NO3S. The average Bonchev–Trinajstić information content (AvgIpc) is 3.26. The van der Waals surface area contributed by atoms with Crippen molar-refractivity contribution in [2.24, 2.45) is 0 Å². The molecular weight excluding hydrogens is 467 g/mol. The summed E-state index contributed by atoms with van der Waals surface area (Å²) in [6.45, 7) is 1.79. The molecule has 3 aromatic rings. The van der Waals surface area contributed by atoms with Gasteiger partial charge in [0.15, 0.2) is 11.6 Å². The number of aliphatic hydroxyl groups excluding tert-OH is 1. The molecule has 1 aliphatic rings. The normalized spacial score (nSPS) is 18.1. The maximum atomic E-state index is 13.9. The van der Waals surface area contributed by atoms with Crippen molar-refractivity contribution in [2.45, 2.75) is 13.0 Å². The Bertz CT molecular complexity index is 1270. The highest BCUT2D eigenvalue weighted by atomic mass is 35.5. The lowest BCUT2D eigenvalue weighted by Gasteiger charge is -2.25. The van der Waals surface area contributed by atoms with E-state index >= 15 is 0 Å². The summed E-state index contributed by atoms with van der Waals surface area (Å²) in [7, 11) is 0. The second-order valence-corrected chi connectivity index (χ2v) is 8.63. The number of nitrogens with zero attached hydrogens (tertiary/aromatic N) is 1. The molecule has 31 heavy (non-hydrogen) atoms. The fraction of sp³-hybridized carbons (Fsp3) is 0.0909. The number of aliphatic hydroxyl groups is 1. The number of benzene rings is 2. The number of hydrogen-bond donors (Lipinski definition) is 1. The van der Waals surface area contributed by atoms with Gasteiger partial charge in [-0.25, -0.2) is 8.78 Å². The Labute approximate surface area is 189 Å². The number of Topliss-reactive ketones (excluding diaryl/α,β-unsaturated/α-hetero) is 1. The lowest BCUT2D eigenvalue weighted by atomic mass is 9.98. The number of amides is 1. The Morgan fingerprint density at radius 2 is 1.77 bits per heavy atom. The summed E-state index contributed by atoms with van der Waals surface area (Å²) in [6, 6.07) is 7.99. The maximum Gasteiger partial charge on any atom is 0.300 e. The molecule has 1 fully saturated rings. The number of halogens is 4. The largest absolute Gasteiger partial charge is 0.507 e. The van der Waals surface area contributed by atoms with E-state index in [-0.39, 0.29) is 26.9 Å². The smallest absolute Gasteiger partial charge is 0.300 e. The van der Waals surface area contributed by atoms with Crippen LogP contribution in [0.1, 0.15) is 22.0 Å². The molecule has 0 saturated carbocycles. The third-order valence-electron chi connectivity index (χ3n) is 4.97. The molecule has 4 nitrogen and oxygen atoms in total. The molecule has 9 heteroatoms. The minimum atomic E-state index is -1.16. The first-order valence-electron chi connectivity index (χ1n) is 8.96. The van der Waals surface area contributed by atoms with Crippen molar-refractivity contribution in [3.05, 3.63) is 91.1 Å². The molecule has 0 bridgehead atoms. The van der Waals surface area contributed by atoms with Gasteiger partial charge in [-0.1, -0.05) is 23.2 Å². The van der Waals surface area contributed by atoms with Crippen LogP contribution in [0, 0.1) is 18.6 Å². The number of ketones is 1. The van der Waals surface area contributed by atoms with Crippen molar-refractivity contribution < 1.29 is 23.5 Å². The zero-order valence-electron chi connectivity index (χ0n) is 15.8. The quantitative estimate of drug-likeness (QED) is 0.273. The predicted molar refractivity (Wildman–Crippen MR) is 117 cm³/mol. The van der Waals surface area contributed by atoms with E-state index in [1.165, 1.54) is 35.6 Å². The maximum absolute atomic E-state index is 13.9. The summed E-state index contributed by atoms with van der Waals surface area (Å²) in [5, 5.41) is 13.2. The Morgan fingerprint density at radius 3 is 2.39 bits per heavy atom. The van der Waals surface area contributed by atoms with Crippen LogP contribution in [0.25, 0.3) is 5.76 Å². The second kappa shape index (κ2) is 8.07. The number of anilines is 1. The van der Waals surface area contributed by atoms with E-state index < -0.39 is 35.1 Å². The van der Waals surface area contributed by atoms with Crippen molar-refractivity contribution in [2.75, 3.05) is 4.90 Å². The number of hydrogen-bond acceptors (Lipinski definition) is 4. The van der Waals surface area contributed by atoms with E-state index in [0.717, 1.165) is 22.6 Å². The molecule has 1 amide bonds. The van der Waals surface area contributed by atoms with Gasteiger partial charge in [-0.2, -0.15) is 0 Å². The molecule has 0 spiro atoms. The van der Waals surface area contributed by atoms with Crippen LogP contribution >= 0.6 is 34.5 Å². The predicted octanol–water partition coefficient (Wildman–Crippen LogP) is 6.27. The lowest BCUT2D eigenvalue weighted by molar-refractivity contribution is -0.132. The number of carbonyl (C=O) groups is 2. The third kappa shape index (κ3) is 3.63. The Kier molecular flexibility index (Phi) is 5.60. The Morgan fingerprint density at radius 1 is 1.03 bits per heavy atom. The van der Waals surface area contributed by atoms with Gasteiger partial charge in [-0.15, -0.1) is 11.3 Å². The molecule has 1 N–H and O–H groups in total. The SMILES string of the molecule is Cc1ccsc1C1/C(=C(/O)c2ccc(Cl)c(Cl)c2)C(=O)C(=O)N1c1ccc(F)c(F)c1. The van der Waals surface area contributed by atoms with E-state index in [2.05, 4.69) is 0 Å². The minimum absolute atomic E-state index is 0.00742. The molecule has 1 atom stereocenters. The summed E-state index contributed by atoms with van der Waals surface area (Å²) in [4.78, 5) is 27.6. The molecule has 1 saturated heterocycles. The van der Waals surface area contributed by atoms with Gasteiger partial charge in [0.05, 0.1) is 15.6 Å². The van der Waals surface area contributed by atoms with Crippen LogP contribution in [0.3, 0.4) is 0 Å². The molecule has 1 aromatic heterocycles. The second-order valence-electron chi connectivity index (χ2n) is 6.86. The van der Waals surface area contributed by atoms with Crippen LogP contribution in [0.15, 0.2) is 53.4 Å². The standard InChI is InChI=1S/C22H13Cl2F2NO3S/c1-10-6-7-31-21(10)18-17(19(28)11-2-4-13(23)14(24)8-11)20(29)22(30)27(18)12-3-5-15(25)16(26)9-12/h2-9,18,28H,1H3/b19-17-. The van der Waals surface area contributed by atoms with Gasteiger partial charge in [0.1, 0.15) is 11.8 Å². The fourth-order valence-corrected chi connectivity index (χ4v) is 4.77. The van der Waals surface area contributed by atoms with Crippen molar-refractivity contribution in [3.8, 4) is 0 Å². The van der Waals surface area contributed by atoms with Crippen molar-refractivity contribution >= 4 is 57.7 Å². The highest BCUT2D eigenvalue weighted by Crippen LogP contribution is 2.45. The summed E-state index contributed by atoms with van der Waals surface area (Å²) in [5.74, 6) is -4.61. The van der Waals surface area contributed by atoms with Crippen molar-refractivity contribution in [3.63, 3.8) is 0 Å². The molecule has 1 unspecified atom stereocenters. The first kappa shape index (κ1) is 21.5. The van der Waals surface area contributed by atoms with E-state index in [1.54, 1.807) is 18.4 Å². The molecule has 2 aromatic carbocycles. The summed E-state index contributed by atoms with van der Waals surface area (Å²) >= 11 is 13.3. The van der Waals surface area contributed by atoms with Gasteiger partial charge in [0.2, 0.25) is 0 Å². The molecule has 2 heterocycles. The van der Waals surface area contributed by atoms with Gasteiger partial charge >= 0.3 is 0 Å². The summed E-state index contributed by atoms with van der Waals surface area (Å²) in [5.41, 5.74) is 0.770. The zero-order chi connectivity index (χ0) is 22.4. The zero-order valence-corrected chi connectivity index (χ0v) is 18.2. The average molecular weight is 480 g/mol. The number of carbonyl (C=O) groups excluding carboxylic acids is 2. The van der Waals surface area contributed by atoms with Crippen molar-refractivity contribution in [1.82, 2.24) is 0 Å². The lowest BCUT2D eigenvalue weighted by Crippen LogP contribution is -2.29. The van der Waals surface area contributed by atoms with E-state index in [4.69, 9.17) is 23.2 Å². The Balaban J connectivity index is 1.96. The molecule has 0 aliphatic carbocycles. The van der Waals surface area contributed by atoms with Gasteiger partial charge in [-0.3, -0.25) is 14.5 Å². The first-order chi connectivity index (χ1) is 14.7. The van der Waals surface area contributed by atoms with E-state index in [9.17, 15) is 23.5 Å². The molecule has 0 radical (unpaired) electrons. The van der Waals surface area contributed by atoms with Crippen LogP contribution < -0.4 is 4.90 Å². The minimum Gasteiger partial charge on any atom is -0.507 e. The van der Waals surface area contributed by atoms with Gasteiger partial charge < -0.3 is 5.11 Å². The fourth-order valence-electron chi connectivity index (χ4n) is 3.45. The molecule has 158 valence electrons. The summed E-state index contributed by atoms with van der Waals surface area (Å²) in [6.07, 6.45) is 0. The highest BCUT2D eigenvalue weighted by Gasteiger charge is 2.48. The number of thiophene rings is 1. The van der Waals surface area contributed by atoms with Crippen molar-refractivity contribution in [1.29, 1.82) is 0 Å². The topological polar surface area (TPSA) is 57.6 Å². The number of aryl methyl sites for hydroxylation is 1. The van der Waals surface area contributed by atoms with Gasteiger partial charge in [0, 0.05) is 22.2 Å². The molecule has 4 rings (SSSR count). The van der Waals surface area contributed by atoms with Crippen LogP contribution in [0.5, 0.6) is 0 Å². The van der Waals surface area contributed by atoms with Crippen LogP contribution in [-0.4, -0.2) is 16.8 Å². The van der Waals surface area contributed by atoms with Crippen LogP contribution in [0.4, 0.5) is 14.5 Å². The van der Waals surface area contributed by atoms with Gasteiger partial charge in [0.25, 0.3) is 11.7 Å². The monoisotopic (exact) mass is 479 g/mol. The highest BCUT2D eigenvalue weighted by molar-refractivity contribution is 7.10. The van der Waals surface area contributed by atoms with E-state index in [1.807, 2.05) is 0 Å². The van der Waals surface area contributed by atoms with Gasteiger partial charge in [-0.05, 0) is 54.3 Å². The van der Waals surface area contributed by atoms with E-state index in [0.29, 0.717) is 4.88 Å². The van der Waals surface area contributed by atoms with Crippen LogP contribution in [-0.2, 0) is 9.59 Å².